The summed E-state index contributed by atoms with van der Waals surface area (Å²) in [6, 6.07) is 7.83. The lowest BCUT2D eigenvalue weighted by molar-refractivity contribution is -0.116. The van der Waals surface area contributed by atoms with Crippen molar-refractivity contribution in [2.75, 3.05) is 5.32 Å². The van der Waals surface area contributed by atoms with Gasteiger partial charge in [-0.25, -0.2) is 9.97 Å². The van der Waals surface area contributed by atoms with Crippen LogP contribution in [0.1, 0.15) is 29.4 Å². The van der Waals surface area contributed by atoms with Crippen molar-refractivity contribution in [3.63, 3.8) is 0 Å². The smallest absolute Gasteiger partial charge is 0.272 e. The van der Waals surface area contributed by atoms with Gasteiger partial charge in [-0.15, -0.1) is 11.3 Å². The zero-order valence-corrected chi connectivity index (χ0v) is 17.7. The number of nitrogens with zero attached hydrogens (tertiary/aromatic N) is 3. The molecule has 3 aromatic heterocycles. The molecule has 0 aliphatic heterocycles. The summed E-state index contributed by atoms with van der Waals surface area (Å²) in [6.07, 6.45) is 2.26. The van der Waals surface area contributed by atoms with Gasteiger partial charge in [0.05, 0.1) is 5.52 Å². The number of carbonyl (C=O) groups is 1. The maximum absolute atomic E-state index is 13.2. The van der Waals surface area contributed by atoms with Gasteiger partial charge in [0.25, 0.3) is 5.56 Å². The predicted molar refractivity (Wildman–Crippen MR) is 118 cm³/mol. The maximum atomic E-state index is 13.2. The van der Waals surface area contributed by atoms with E-state index < -0.39 is 0 Å². The van der Waals surface area contributed by atoms with E-state index in [0.29, 0.717) is 22.5 Å². The van der Waals surface area contributed by atoms with Gasteiger partial charge in [0.2, 0.25) is 5.91 Å². The second-order valence-electron chi connectivity index (χ2n) is 7.23. The Labute approximate surface area is 172 Å². The van der Waals surface area contributed by atoms with Crippen LogP contribution in [-0.2, 0) is 17.8 Å². The molecule has 3 heterocycles. The van der Waals surface area contributed by atoms with Crippen molar-refractivity contribution in [1.29, 1.82) is 0 Å². The summed E-state index contributed by atoms with van der Waals surface area (Å²) >= 11 is 1.32. The van der Waals surface area contributed by atoms with Gasteiger partial charge in [-0.1, -0.05) is 24.6 Å². The second kappa shape index (κ2) is 7.40. The van der Waals surface area contributed by atoms with Crippen molar-refractivity contribution >= 4 is 43.4 Å². The molecule has 0 radical (unpaired) electrons. The average Bonchev–Trinajstić information content (AvgIpc) is 3.05. The number of anilines is 1. The first-order chi connectivity index (χ1) is 13.9. The fourth-order valence-electron chi connectivity index (χ4n) is 3.74. The van der Waals surface area contributed by atoms with E-state index in [0.717, 1.165) is 32.6 Å². The molecule has 0 atom stereocenters. The molecule has 0 aliphatic carbocycles. The number of fused-ring (bicyclic) bond motifs is 3. The zero-order chi connectivity index (χ0) is 20.7. The Bertz CT molecular complexity index is 1300. The van der Waals surface area contributed by atoms with Crippen molar-refractivity contribution < 1.29 is 4.79 Å². The fourth-order valence-corrected chi connectivity index (χ4v) is 4.77. The number of amides is 1. The summed E-state index contributed by atoms with van der Waals surface area (Å²) in [4.78, 5) is 35.8. The van der Waals surface area contributed by atoms with Crippen LogP contribution in [0.15, 0.2) is 35.3 Å². The van der Waals surface area contributed by atoms with Crippen LogP contribution in [0.25, 0.3) is 20.4 Å². The van der Waals surface area contributed by atoms with E-state index in [2.05, 4.69) is 10.3 Å². The summed E-state index contributed by atoms with van der Waals surface area (Å²) in [5.74, 6) is 0.357. The zero-order valence-electron chi connectivity index (χ0n) is 16.9. The molecule has 4 rings (SSSR count). The topological polar surface area (TPSA) is 76.9 Å². The van der Waals surface area contributed by atoms with E-state index in [-0.39, 0.29) is 18.0 Å². The first kappa shape index (κ1) is 19.3. The van der Waals surface area contributed by atoms with Crippen molar-refractivity contribution in [1.82, 2.24) is 14.5 Å². The molecule has 6 nitrogen and oxygen atoms in total. The number of pyridine rings is 1. The van der Waals surface area contributed by atoms with E-state index in [4.69, 9.17) is 4.98 Å². The first-order valence-electron chi connectivity index (χ1n) is 9.53. The van der Waals surface area contributed by atoms with E-state index in [1.54, 1.807) is 6.20 Å². The highest BCUT2D eigenvalue weighted by molar-refractivity contribution is 7.25. The number of nitrogens with one attached hydrogen (secondary N) is 1. The first-order valence-corrected chi connectivity index (χ1v) is 10.3. The van der Waals surface area contributed by atoms with E-state index in [9.17, 15) is 9.59 Å². The average molecular weight is 407 g/mol. The number of hydrogen-bond acceptors (Lipinski definition) is 5. The number of rotatable bonds is 4. The van der Waals surface area contributed by atoms with Crippen LogP contribution >= 0.6 is 11.3 Å². The highest BCUT2D eigenvalue weighted by Gasteiger charge is 2.18. The summed E-state index contributed by atoms with van der Waals surface area (Å²) in [5.41, 5.74) is 4.43. The Morgan fingerprint density at radius 1 is 1.21 bits per heavy atom. The maximum Gasteiger partial charge on any atom is 0.272 e. The molecule has 0 aliphatic rings. The molecule has 0 spiro atoms. The Morgan fingerprint density at radius 3 is 2.62 bits per heavy atom. The van der Waals surface area contributed by atoms with Crippen LogP contribution in [-0.4, -0.2) is 20.4 Å². The van der Waals surface area contributed by atoms with Crippen molar-refractivity contribution in [2.24, 2.45) is 0 Å². The van der Waals surface area contributed by atoms with E-state index in [1.807, 2.05) is 52.0 Å². The molecular weight excluding hydrogens is 384 g/mol. The minimum atomic E-state index is -0.239. The molecule has 0 fully saturated rings. The highest BCUT2D eigenvalue weighted by atomic mass is 32.1. The molecule has 1 N–H and O–H groups in total. The van der Waals surface area contributed by atoms with Crippen molar-refractivity contribution in [3.05, 3.63) is 63.3 Å². The van der Waals surface area contributed by atoms with Gasteiger partial charge in [-0.3, -0.25) is 14.2 Å². The number of carbonyl (C=O) groups excluding carboxylic acids is 1. The SMILES string of the molecule is CCc1nc2c(sc3ncccc32)c(=O)n1CC(=O)Nc1c(C)cc(C)cc1C. The van der Waals surface area contributed by atoms with Crippen LogP contribution in [0.4, 0.5) is 5.69 Å². The molecule has 7 heteroatoms. The summed E-state index contributed by atoms with van der Waals surface area (Å²) in [6.45, 7) is 7.83. The van der Waals surface area contributed by atoms with Gasteiger partial charge in [0, 0.05) is 23.7 Å². The van der Waals surface area contributed by atoms with Gasteiger partial charge in [0.1, 0.15) is 21.9 Å². The third-order valence-corrected chi connectivity index (χ3v) is 6.08. The Balaban J connectivity index is 1.74. The Morgan fingerprint density at radius 2 is 1.93 bits per heavy atom. The number of thiophene rings is 1. The highest BCUT2D eigenvalue weighted by Crippen LogP contribution is 2.29. The van der Waals surface area contributed by atoms with Gasteiger partial charge < -0.3 is 5.32 Å². The quantitative estimate of drug-likeness (QED) is 0.553. The van der Waals surface area contributed by atoms with Gasteiger partial charge in [0.15, 0.2) is 0 Å². The normalized spacial score (nSPS) is 11.3. The lowest BCUT2D eigenvalue weighted by Gasteiger charge is -2.15. The van der Waals surface area contributed by atoms with E-state index >= 15 is 0 Å². The summed E-state index contributed by atoms with van der Waals surface area (Å²) in [7, 11) is 0. The third-order valence-electron chi connectivity index (χ3n) is 4.99. The second-order valence-corrected chi connectivity index (χ2v) is 8.23. The van der Waals surface area contributed by atoms with Crippen molar-refractivity contribution in [2.45, 2.75) is 40.7 Å². The molecule has 1 amide bonds. The number of aromatic nitrogens is 3. The molecule has 1 aromatic carbocycles. The lowest BCUT2D eigenvalue weighted by Crippen LogP contribution is -2.31. The number of aryl methyl sites for hydroxylation is 4. The molecule has 0 unspecified atom stereocenters. The van der Waals surface area contributed by atoms with Crippen molar-refractivity contribution in [3.8, 4) is 0 Å². The molecule has 148 valence electrons. The van der Waals surface area contributed by atoms with Crippen LogP contribution in [0, 0.1) is 20.8 Å². The fraction of sp³-hybridized carbons (Fsp3) is 0.273. The molecule has 0 bridgehead atoms. The molecule has 4 aromatic rings. The summed E-state index contributed by atoms with van der Waals surface area (Å²) < 4.78 is 2.01. The van der Waals surface area contributed by atoms with Gasteiger partial charge in [-0.05, 0) is 44.0 Å². The predicted octanol–water partition coefficient (Wildman–Crippen LogP) is 4.13. The largest absolute Gasteiger partial charge is 0.324 e. The Kier molecular flexibility index (Phi) is 4.92. The van der Waals surface area contributed by atoms with Crippen LogP contribution in [0.2, 0.25) is 0 Å². The lowest BCUT2D eigenvalue weighted by atomic mass is 10.1. The number of hydrogen-bond donors (Lipinski definition) is 1. The monoisotopic (exact) mass is 406 g/mol. The van der Waals surface area contributed by atoms with Crippen LogP contribution < -0.4 is 10.9 Å². The summed E-state index contributed by atoms with van der Waals surface area (Å²) in [5, 5.41) is 3.85. The third kappa shape index (κ3) is 3.42. The standard InChI is InChI=1S/C22H22N4O2S/c1-5-16-24-19-15-7-6-8-23-21(15)29-20(19)22(28)26(16)11-17(27)25-18-13(3)9-12(2)10-14(18)4/h6-10H,5,11H2,1-4H3,(H,25,27). The van der Waals surface area contributed by atoms with Gasteiger partial charge in [-0.2, -0.15) is 0 Å². The minimum absolute atomic E-state index is 0.0701. The molecular formula is C22H22N4O2S. The van der Waals surface area contributed by atoms with Crippen LogP contribution in [0.3, 0.4) is 0 Å². The minimum Gasteiger partial charge on any atom is -0.324 e. The Hall–Kier alpha value is -3.06. The van der Waals surface area contributed by atoms with Gasteiger partial charge >= 0.3 is 0 Å². The molecule has 29 heavy (non-hydrogen) atoms. The van der Waals surface area contributed by atoms with E-state index in [1.165, 1.54) is 15.9 Å². The van der Waals surface area contributed by atoms with Crippen LogP contribution in [0.5, 0.6) is 0 Å². The molecule has 0 saturated carbocycles. The molecule has 0 saturated heterocycles. The number of benzene rings is 1.